The van der Waals surface area contributed by atoms with Crippen LogP contribution in [-0.4, -0.2) is 26.5 Å². The number of rotatable bonds is 4. The van der Waals surface area contributed by atoms with Crippen molar-refractivity contribution in [3.63, 3.8) is 0 Å². The predicted molar refractivity (Wildman–Crippen MR) is 95.3 cm³/mol. The Morgan fingerprint density at radius 2 is 2.08 bits per heavy atom. The first-order valence-electron chi connectivity index (χ1n) is 8.69. The lowest BCUT2D eigenvalue weighted by molar-refractivity contribution is -0.124. The van der Waals surface area contributed by atoms with Crippen LogP contribution in [0, 0.1) is 0 Å². The fourth-order valence-electron chi connectivity index (χ4n) is 3.70. The van der Waals surface area contributed by atoms with E-state index in [1.54, 1.807) is 0 Å². The molecule has 1 saturated carbocycles. The van der Waals surface area contributed by atoms with Gasteiger partial charge in [-0.25, -0.2) is 0 Å². The van der Waals surface area contributed by atoms with E-state index in [-0.39, 0.29) is 12.3 Å². The molecule has 0 radical (unpaired) electrons. The molecule has 26 heavy (non-hydrogen) atoms. The molecule has 2 heterocycles. The second-order valence-corrected chi connectivity index (χ2v) is 6.81. The molecule has 0 atom stereocenters. The molecule has 7 heteroatoms. The van der Waals surface area contributed by atoms with Crippen molar-refractivity contribution in [3.05, 3.63) is 54.0 Å². The second kappa shape index (κ2) is 5.66. The van der Waals surface area contributed by atoms with Crippen molar-refractivity contribution in [1.29, 1.82) is 0 Å². The Morgan fingerprint density at radius 1 is 1.19 bits per heavy atom. The molecule has 0 unspecified atom stereocenters. The quantitative estimate of drug-likeness (QED) is 0.592. The third-order valence-corrected chi connectivity index (χ3v) is 5.17. The van der Waals surface area contributed by atoms with Gasteiger partial charge in [-0.1, -0.05) is 35.5 Å². The summed E-state index contributed by atoms with van der Waals surface area (Å²) < 4.78 is 5.89. The Morgan fingerprint density at radius 3 is 2.85 bits per heavy atom. The maximum Gasteiger partial charge on any atom is 0.228 e. The molecule has 1 fully saturated rings. The van der Waals surface area contributed by atoms with Gasteiger partial charge in [0.15, 0.2) is 5.82 Å². The molecule has 2 aromatic carbocycles. The first kappa shape index (κ1) is 15.1. The number of nitrogens with zero attached hydrogens (tertiary/aromatic N) is 3. The van der Waals surface area contributed by atoms with Crippen LogP contribution in [0.2, 0.25) is 0 Å². The van der Waals surface area contributed by atoms with Crippen LogP contribution in [0.1, 0.15) is 30.8 Å². The Labute approximate surface area is 148 Å². The molecule has 2 N–H and O–H groups in total. The fraction of sp³-hybridized carbons (Fsp3) is 0.263. The Balaban J connectivity index is 1.41. The number of fused-ring (bicyclic) bond motifs is 3. The second-order valence-electron chi connectivity index (χ2n) is 6.81. The van der Waals surface area contributed by atoms with E-state index < -0.39 is 5.54 Å². The summed E-state index contributed by atoms with van der Waals surface area (Å²) >= 11 is 0. The van der Waals surface area contributed by atoms with E-state index in [1.807, 2.05) is 30.3 Å². The van der Waals surface area contributed by atoms with Gasteiger partial charge in [-0.15, -0.1) is 10.2 Å². The number of benzene rings is 2. The molecule has 0 bridgehead atoms. The van der Waals surface area contributed by atoms with Gasteiger partial charge in [0.1, 0.15) is 16.9 Å². The first-order valence-corrected chi connectivity index (χ1v) is 8.69. The van der Waals surface area contributed by atoms with Crippen LogP contribution in [0.4, 0.5) is 0 Å². The van der Waals surface area contributed by atoms with E-state index in [0.29, 0.717) is 11.6 Å². The first-order chi connectivity index (χ1) is 12.7. The normalized spacial score (nSPS) is 15.8. The van der Waals surface area contributed by atoms with Crippen LogP contribution >= 0.6 is 0 Å². The number of furan rings is 1. The van der Waals surface area contributed by atoms with E-state index >= 15 is 0 Å². The number of carbonyl (C=O) groups is 1. The lowest BCUT2D eigenvalue weighted by Crippen LogP contribution is -2.52. The minimum atomic E-state index is -0.497. The predicted octanol–water partition coefficient (Wildman–Crippen LogP) is 2.84. The fourth-order valence-corrected chi connectivity index (χ4v) is 3.70. The number of nitrogens with one attached hydrogen (secondary N) is 2. The summed E-state index contributed by atoms with van der Waals surface area (Å²) in [5, 5.41) is 20.6. The summed E-state index contributed by atoms with van der Waals surface area (Å²) in [6.07, 6.45) is 2.86. The van der Waals surface area contributed by atoms with Gasteiger partial charge >= 0.3 is 0 Å². The smallest absolute Gasteiger partial charge is 0.228 e. The highest BCUT2D eigenvalue weighted by atomic mass is 16.3. The largest absolute Gasteiger partial charge is 0.461 e. The molecule has 2 aromatic heterocycles. The molecular weight excluding hydrogens is 330 g/mol. The van der Waals surface area contributed by atoms with Crippen molar-refractivity contribution in [2.45, 2.75) is 31.2 Å². The third-order valence-electron chi connectivity index (χ3n) is 5.17. The zero-order valence-electron chi connectivity index (χ0n) is 14.0. The van der Waals surface area contributed by atoms with Gasteiger partial charge in [-0.3, -0.25) is 4.79 Å². The van der Waals surface area contributed by atoms with E-state index in [2.05, 4.69) is 38.1 Å². The SMILES string of the molecule is O=C(Cc1cc2c(ccc3ccccc32)o1)NC1(c2nn[nH]n2)CCC1. The summed E-state index contributed by atoms with van der Waals surface area (Å²) in [5.41, 5.74) is 0.297. The number of H-pyrrole nitrogens is 1. The zero-order valence-corrected chi connectivity index (χ0v) is 14.0. The van der Waals surface area contributed by atoms with Gasteiger partial charge in [0.2, 0.25) is 5.91 Å². The molecule has 1 aliphatic carbocycles. The molecule has 7 nitrogen and oxygen atoms in total. The zero-order chi connectivity index (χ0) is 17.6. The highest BCUT2D eigenvalue weighted by Crippen LogP contribution is 2.39. The third kappa shape index (κ3) is 2.35. The van der Waals surface area contributed by atoms with E-state index in [1.165, 1.54) is 0 Å². The van der Waals surface area contributed by atoms with Gasteiger partial charge in [0.25, 0.3) is 0 Å². The average molecular weight is 347 g/mol. The number of amides is 1. The van der Waals surface area contributed by atoms with Crippen LogP contribution in [-0.2, 0) is 16.8 Å². The molecule has 0 aliphatic heterocycles. The standard InChI is InChI=1S/C19H17N5O2/c25-17(20-19(8-3-9-19)18-21-23-24-22-18)11-13-10-15-14-5-2-1-4-12(14)6-7-16(15)26-13/h1-2,4-7,10H,3,8-9,11H2,(H,20,25)(H,21,22,23,24). The summed E-state index contributed by atoms with van der Waals surface area (Å²) in [7, 11) is 0. The van der Waals surface area contributed by atoms with E-state index in [0.717, 1.165) is 41.0 Å². The lowest BCUT2D eigenvalue weighted by atomic mass is 9.76. The number of hydrogen-bond donors (Lipinski definition) is 2. The van der Waals surface area contributed by atoms with Crippen LogP contribution in [0.5, 0.6) is 0 Å². The van der Waals surface area contributed by atoms with Gasteiger partial charge in [0, 0.05) is 5.39 Å². The van der Waals surface area contributed by atoms with Crippen molar-refractivity contribution in [3.8, 4) is 0 Å². The van der Waals surface area contributed by atoms with Crippen LogP contribution in [0.3, 0.4) is 0 Å². The Bertz CT molecular complexity index is 1100. The topological polar surface area (TPSA) is 96.7 Å². The lowest BCUT2D eigenvalue weighted by Gasteiger charge is -2.39. The Hall–Kier alpha value is -3.22. The minimum Gasteiger partial charge on any atom is -0.461 e. The number of hydrogen-bond acceptors (Lipinski definition) is 5. The molecule has 1 amide bonds. The summed E-state index contributed by atoms with van der Waals surface area (Å²) in [6.45, 7) is 0. The van der Waals surface area contributed by atoms with Gasteiger partial charge in [0.05, 0.1) is 6.42 Å². The van der Waals surface area contributed by atoms with Crippen LogP contribution < -0.4 is 5.32 Å². The maximum absolute atomic E-state index is 12.6. The molecule has 0 saturated heterocycles. The van der Waals surface area contributed by atoms with Crippen molar-refractivity contribution >= 4 is 27.6 Å². The van der Waals surface area contributed by atoms with Crippen molar-refractivity contribution in [2.75, 3.05) is 0 Å². The van der Waals surface area contributed by atoms with Crippen molar-refractivity contribution < 1.29 is 9.21 Å². The molecule has 5 rings (SSSR count). The van der Waals surface area contributed by atoms with Crippen LogP contribution in [0.15, 0.2) is 46.9 Å². The molecule has 0 spiro atoms. The summed E-state index contributed by atoms with van der Waals surface area (Å²) in [6, 6.07) is 14.1. The summed E-state index contributed by atoms with van der Waals surface area (Å²) in [4.78, 5) is 12.6. The highest BCUT2D eigenvalue weighted by Gasteiger charge is 2.43. The van der Waals surface area contributed by atoms with Gasteiger partial charge < -0.3 is 9.73 Å². The summed E-state index contributed by atoms with van der Waals surface area (Å²) in [5.74, 6) is 1.10. The van der Waals surface area contributed by atoms with Crippen molar-refractivity contribution in [2.24, 2.45) is 0 Å². The average Bonchev–Trinajstić information content (AvgIpc) is 3.27. The maximum atomic E-state index is 12.6. The number of tetrazole rings is 1. The van der Waals surface area contributed by atoms with Gasteiger partial charge in [-0.2, -0.15) is 5.21 Å². The Kier molecular flexibility index (Phi) is 3.28. The molecule has 4 aromatic rings. The van der Waals surface area contributed by atoms with E-state index in [4.69, 9.17) is 4.42 Å². The number of aromatic amines is 1. The molecule has 1 aliphatic rings. The van der Waals surface area contributed by atoms with Crippen LogP contribution in [0.25, 0.3) is 21.7 Å². The monoisotopic (exact) mass is 347 g/mol. The molecular formula is C19H17N5O2. The van der Waals surface area contributed by atoms with Crippen molar-refractivity contribution in [1.82, 2.24) is 25.9 Å². The number of carbonyl (C=O) groups excluding carboxylic acids is 1. The van der Waals surface area contributed by atoms with Gasteiger partial charge in [-0.05, 0) is 42.2 Å². The minimum absolute atomic E-state index is 0.0992. The van der Waals surface area contributed by atoms with E-state index in [9.17, 15) is 4.79 Å². The highest BCUT2D eigenvalue weighted by molar-refractivity contribution is 6.06. The number of aromatic nitrogens is 4. The molecule has 130 valence electrons.